The number of H-pyrrole nitrogens is 1. The van der Waals surface area contributed by atoms with Crippen LogP contribution in [0.2, 0.25) is 0 Å². The number of hydrogen-bond acceptors (Lipinski definition) is 6. The van der Waals surface area contributed by atoms with Crippen LogP contribution in [0.3, 0.4) is 0 Å². The van der Waals surface area contributed by atoms with E-state index in [0.717, 1.165) is 10.6 Å². The van der Waals surface area contributed by atoms with Gasteiger partial charge in [-0.2, -0.15) is 5.10 Å². The Hall–Kier alpha value is -2.02. The molecule has 0 aliphatic heterocycles. The van der Waals surface area contributed by atoms with E-state index in [4.69, 9.17) is 10.5 Å². The van der Waals surface area contributed by atoms with Crippen LogP contribution in [-0.4, -0.2) is 23.1 Å². The maximum Gasteiger partial charge on any atom is 0.177 e. The number of carbonyl (C=O) groups is 1. The van der Waals surface area contributed by atoms with E-state index in [9.17, 15) is 4.79 Å². The molecule has 2 heterocycles. The molecule has 1 unspecified atom stereocenters. The Morgan fingerprint density at radius 1 is 1.48 bits per heavy atom. The quantitative estimate of drug-likeness (QED) is 0.713. The number of hydrogen-bond donors (Lipinski definition) is 3. The Morgan fingerprint density at radius 2 is 2.19 bits per heavy atom. The number of nitrogens with two attached hydrogens (primary N) is 1. The van der Waals surface area contributed by atoms with Crippen molar-refractivity contribution >= 4 is 27.8 Å². The summed E-state index contributed by atoms with van der Waals surface area (Å²) in [4.78, 5) is 12.7. The largest absolute Gasteiger partial charge is 0.492 e. The highest BCUT2D eigenvalue weighted by atomic mass is 32.1. The molecule has 114 valence electrons. The fourth-order valence-electron chi connectivity index (χ4n) is 1.95. The highest BCUT2D eigenvalue weighted by Gasteiger charge is 2.24. The molecule has 0 fully saturated rings. The van der Waals surface area contributed by atoms with Crippen LogP contribution in [0, 0.1) is 5.92 Å². The SMILES string of the molecule is COc1c(NC(C)c2cn[nH]c2)sc(C(=O)C(C)C)c1N. The fourth-order valence-corrected chi connectivity index (χ4v) is 3.21. The summed E-state index contributed by atoms with van der Waals surface area (Å²) in [6, 6.07) is 0.0257. The molecule has 21 heavy (non-hydrogen) atoms. The smallest absolute Gasteiger partial charge is 0.177 e. The van der Waals surface area contributed by atoms with E-state index in [0.29, 0.717) is 16.3 Å². The molecule has 2 aromatic rings. The molecule has 0 saturated heterocycles. The van der Waals surface area contributed by atoms with Crippen molar-refractivity contribution in [1.82, 2.24) is 10.2 Å². The van der Waals surface area contributed by atoms with Crippen molar-refractivity contribution < 1.29 is 9.53 Å². The number of nitrogens with zero attached hydrogens (tertiary/aromatic N) is 1. The number of aromatic amines is 1. The van der Waals surface area contributed by atoms with Gasteiger partial charge in [-0.1, -0.05) is 13.8 Å². The van der Waals surface area contributed by atoms with Crippen LogP contribution >= 0.6 is 11.3 Å². The maximum absolute atomic E-state index is 12.2. The molecule has 0 spiro atoms. The number of Topliss-reactive ketones (excluding diaryl/α,β-unsaturated/α-hetero) is 1. The first-order chi connectivity index (χ1) is 9.95. The first kappa shape index (κ1) is 15.4. The molecule has 4 N–H and O–H groups in total. The van der Waals surface area contributed by atoms with Crippen LogP contribution < -0.4 is 15.8 Å². The topological polar surface area (TPSA) is 93.0 Å². The van der Waals surface area contributed by atoms with Crippen LogP contribution in [0.4, 0.5) is 10.7 Å². The summed E-state index contributed by atoms with van der Waals surface area (Å²) >= 11 is 1.33. The van der Waals surface area contributed by atoms with Crippen LogP contribution in [0.25, 0.3) is 0 Å². The second-order valence-electron chi connectivity index (χ2n) is 5.12. The number of aromatic nitrogens is 2. The molecule has 0 bridgehead atoms. The van der Waals surface area contributed by atoms with Gasteiger partial charge >= 0.3 is 0 Å². The molecule has 0 aromatic carbocycles. The van der Waals surface area contributed by atoms with E-state index in [2.05, 4.69) is 15.5 Å². The van der Waals surface area contributed by atoms with Crippen molar-refractivity contribution in [3.05, 3.63) is 22.8 Å². The van der Waals surface area contributed by atoms with Gasteiger partial charge in [0.25, 0.3) is 0 Å². The number of methoxy groups -OCH3 is 1. The number of ketones is 1. The van der Waals surface area contributed by atoms with Gasteiger partial charge < -0.3 is 15.8 Å². The average molecular weight is 308 g/mol. The monoisotopic (exact) mass is 308 g/mol. The summed E-state index contributed by atoms with van der Waals surface area (Å²) in [5.41, 5.74) is 7.47. The second-order valence-corrected chi connectivity index (χ2v) is 6.14. The molecule has 2 rings (SSSR count). The van der Waals surface area contributed by atoms with Crippen molar-refractivity contribution in [2.45, 2.75) is 26.8 Å². The maximum atomic E-state index is 12.2. The molecule has 0 amide bonds. The lowest BCUT2D eigenvalue weighted by Gasteiger charge is -2.13. The van der Waals surface area contributed by atoms with Gasteiger partial charge in [-0.25, -0.2) is 0 Å². The lowest BCUT2D eigenvalue weighted by Crippen LogP contribution is -2.07. The third kappa shape index (κ3) is 3.02. The minimum atomic E-state index is -0.102. The normalized spacial score (nSPS) is 12.4. The minimum absolute atomic E-state index is 0.0257. The lowest BCUT2D eigenvalue weighted by atomic mass is 10.1. The lowest BCUT2D eigenvalue weighted by molar-refractivity contribution is 0.0944. The van der Waals surface area contributed by atoms with Gasteiger partial charge in [-0.05, 0) is 6.92 Å². The highest BCUT2D eigenvalue weighted by molar-refractivity contribution is 7.19. The van der Waals surface area contributed by atoms with E-state index in [1.165, 1.54) is 11.3 Å². The van der Waals surface area contributed by atoms with E-state index in [-0.39, 0.29) is 17.7 Å². The van der Waals surface area contributed by atoms with E-state index in [1.807, 2.05) is 27.0 Å². The number of nitrogen functional groups attached to an aromatic ring is 1. The fraction of sp³-hybridized carbons (Fsp3) is 0.429. The van der Waals surface area contributed by atoms with Crippen molar-refractivity contribution in [3.8, 4) is 5.75 Å². The summed E-state index contributed by atoms with van der Waals surface area (Å²) in [6.45, 7) is 5.72. The second kappa shape index (κ2) is 6.17. The van der Waals surface area contributed by atoms with Gasteiger partial charge in [0, 0.05) is 17.7 Å². The summed E-state index contributed by atoms with van der Waals surface area (Å²) in [5, 5.41) is 10.8. The Morgan fingerprint density at radius 3 is 2.71 bits per heavy atom. The molecule has 6 nitrogen and oxygen atoms in total. The molecule has 0 aliphatic rings. The van der Waals surface area contributed by atoms with Gasteiger partial charge in [0.1, 0.15) is 5.00 Å². The predicted molar refractivity (Wildman–Crippen MR) is 85.1 cm³/mol. The van der Waals surface area contributed by atoms with Gasteiger partial charge in [0.15, 0.2) is 11.5 Å². The number of carbonyl (C=O) groups excluding carboxylic acids is 1. The average Bonchev–Trinajstić information content (AvgIpc) is 3.06. The third-order valence-corrected chi connectivity index (χ3v) is 4.35. The zero-order valence-electron chi connectivity index (χ0n) is 12.6. The predicted octanol–water partition coefficient (Wildman–Crippen LogP) is 3.07. The van der Waals surface area contributed by atoms with Crippen LogP contribution in [-0.2, 0) is 0 Å². The summed E-state index contributed by atoms with van der Waals surface area (Å²) in [7, 11) is 1.55. The van der Waals surface area contributed by atoms with E-state index >= 15 is 0 Å². The molecule has 2 aromatic heterocycles. The minimum Gasteiger partial charge on any atom is -0.492 e. The first-order valence-corrected chi connectivity index (χ1v) is 7.53. The Bertz CT molecular complexity index is 619. The highest BCUT2D eigenvalue weighted by Crippen LogP contribution is 2.44. The Balaban J connectivity index is 2.31. The molecule has 0 radical (unpaired) electrons. The van der Waals surface area contributed by atoms with E-state index < -0.39 is 0 Å². The first-order valence-electron chi connectivity index (χ1n) is 6.71. The van der Waals surface area contributed by atoms with Crippen molar-refractivity contribution in [2.75, 3.05) is 18.2 Å². The molecule has 0 aliphatic carbocycles. The third-order valence-electron chi connectivity index (χ3n) is 3.22. The number of thiophene rings is 1. The Kier molecular flexibility index (Phi) is 4.52. The zero-order chi connectivity index (χ0) is 15.6. The number of anilines is 2. The molecule has 0 saturated carbocycles. The number of rotatable bonds is 6. The van der Waals surface area contributed by atoms with Gasteiger partial charge in [0.05, 0.1) is 29.9 Å². The zero-order valence-corrected chi connectivity index (χ0v) is 13.4. The molecular formula is C14H20N4O2S. The molecule has 7 heteroatoms. The summed E-state index contributed by atoms with van der Waals surface area (Å²) < 4.78 is 5.35. The van der Waals surface area contributed by atoms with E-state index in [1.54, 1.807) is 13.3 Å². The number of ether oxygens (including phenoxy) is 1. The summed E-state index contributed by atoms with van der Waals surface area (Å²) in [5.74, 6) is 0.453. The van der Waals surface area contributed by atoms with Gasteiger partial charge in [0.2, 0.25) is 0 Å². The van der Waals surface area contributed by atoms with Gasteiger partial charge in [-0.15, -0.1) is 11.3 Å². The molecular weight excluding hydrogens is 288 g/mol. The van der Waals surface area contributed by atoms with Crippen LogP contribution in [0.15, 0.2) is 12.4 Å². The van der Waals surface area contributed by atoms with Gasteiger partial charge in [-0.3, -0.25) is 9.89 Å². The Labute approximate surface area is 127 Å². The van der Waals surface area contributed by atoms with Crippen molar-refractivity contribution in [3.63, 3.8) is 0 Å². The van der Waals surface area contributed by atoms with Crippen LogP contribution in [0.1, 0.15) is 42.0 Å². The molecule has 1 atom stereocenters. The standard InChI is InChI=1S/C14H20N4O2S/c1-7(2)11(19)13-10(15)12(20-4)14(21-13)18-8(3)9-5-16-17-6-9/h5-8,18H,15H2,1-4H3,(H,16,17). The van der Waals surface area contributed by atoms with Crippen molar-refractivity contribution in [2.24, 2.45) is 5.92 Å². The summed E-state index contributed by atoms with van der Waals surface area (Å²) in [6.07, 6.45) is 3.57. The number of nitrogens with one attached hydrogen (secondary N) is 2. The van der Waals surface area contributed by atoms with Crippen LogP contribution in [0.5, 0.6) is 5.75 Å². The van der Waals surface area contributed by atoms with Crippen molar-refractivity contribution in [1.29, 1.82) is 0 Å².